The van der Waals surface area contributed by atoms with Gasteiger partial charge in [0.15, 0.2) is 6.54 Å². The standard InChI is InChI=1S/C14H15BrN2OS/c1-10-4-5-11(7-13(10)15)17-14(18)9-16-8-12-3-2-6-19-12/h2-7,16H,8-9H2,1H3,(H,17,18)/p+1. The van der Waals surface area contributed by atoms with Crippen LogP contribution in [-0.2, 0) is 11.3 Å². The van der Waals surface area contributed by atoms with Gasteiger partial charge in [-0.1, -0.05) is 28.1 Å². The van der Waals surface area contributed by atoms with Crippen LogP contribution in [-0.4, -0.2) is 12.5 Å². The number of carbonyl (C=O) groups is 1. The van der Waals surface area contributed by atoms with Gasteiger partial charge in [-0.05, 0) is 36.1 Å². The van der Waals surface area contributed by atoms with Crippen molar-refractivity contribution in [2.75, 3.05) is 11.9 Å². The Morgan fingerprint density at radius 3 is 2.95 bits per heavy atom. The molecule has 0 saturated carbocycles. The number of benzene rings is 1. The number of carbonyl (C=O) groups excluding carboxylic acids is 1. The number of hydrogen-bond acceptors (Lipinski definition) is 2. The van der Waals surface area contributed by atoms with Crippen LogP contribution in [0.25, 0.3) is 0 Å². The van der Waals surface area contributed by atoms with Crippen molar-refractivity contribution in [1.29, 1.82) is 0 Å². The van der Waals surface area contributed by atoms with Gasteiger partial charge >= 0.3 is 0 Å². The molecule has 0 spiro atoms. The maximum atomic E-state index is 11.8. The highest BCUT2D eigenvalue weighted by atomic mass is 79.9. The molecule has 0 aliphatic rings. The molecule has 0 aliphatic heterocycles. The highest BCUT2D eigenvalue weighted by Crippen LogP contribution is 2.20. The lowest BCUT2D eigenvalue weighted by atomic mass is 10.2. The first-order valence-corrected chi connectivity index (χ1v) is 7.72. The van der Waals surface area contributed by atoms with Crippen molar-refractivity contribution < 1.29 is 10.1 Å². The Bertz CT molecular complexity index is 555. The van der Waals surface area contributed by atoms with Crippen molar-refractivity contribution in [1.82, 2.24) is 0 Å². The topological polar surface area (TPSA) is 45.7 Å². The Kier molecular flexibility index (Phi) is 5.13. The first-order chi connectivity index (χ1) is 9.15. The number of rotatable bonds is 5. The van der Waals surface area contributed by atoms with Crippen LogP contribution in [0.4, 0.5) is 5.69 Å². The first-order valence-electron chi connectivity index (χ1n) is 6.05. The van der Waals surface area contributed by atoms with Crippen LogP contribution in [0.2, 0.25) is 0 Å². The molecule has 5 heteroatoms. The van der Waals surface area contributed by atoms with Crippen molar-refractivity contribution >= 4 is 38.9 Å². The number of quaternary nitrogens is 1. The fraction of sp³-hybridized carbons (Fsp3) is 0.214. The Morgan fingerprint density at radius 1 is 1.42 bits per heavy atom. The number of amides is 1. The predicted octanol–water partition coefficient (Wildman–Crippen LogP) is 2.52. The lowest BCUT2D eigenvalue weighted by Crippen LogP contribution is -2.84. The van der Waals surface area contributed by atoms with Crippen molar-refractivity contribution in [3.63, 3.8) is 0 Å². The van der Waals surface area contributed by atoms with E-state index in [4.69, 9.17) is 0 Å². The number of aryl methyl sites for hydroxylation is 1. The number of thiophene rings is 1. The van der Waals surface area contributed by atoms with Gasteiger partial charge in [0.05, 0.1) is 4.88 Å². The Labute approximate surface area is 125 Å². The van der Waals surface area contributed by atoms with Crippen LogP contribution in [0.15, 0.2) is 40.2 Å². The minimum Gasteiger partial charge on any atom is -0.334 e. The molecular weight excluding hydrogens is 324 g/mol. The first kappa shape index (κ1) is 14.2. The lowest BCUT2D eigenvalue weighted by Gasteiger charge is -2.06. The minimum absolute atomic E-state index is 0.0207. The monoisotopic (exact) mass is 339 g/mol. The summed E-state index contributed by atoms with van der Waals surface area (Å²) in [6.45, 7) is 3.30. The van der Waals surface area contributed by atoms with E-state index in [2.05, 4.69) is 27.3 Å². The molecule has 0 unspecified atom stereocenters. The van der Waals surface area contributed by atoms with Crippen LogP contribution in [0.5, 0.6) is 0 Å². The van der Waals surface area contributed by atoms with Gasteiger partial charge in [0.2, 0.25) is 0 Å². The fourth-order valence-electron chi connectivity index (χ4n) is 1.66. The molecule has 1 heterocycles. The third kappa shape index (κ3) is 4.45. The molecule has 0 radical (unpaired) electrons. The number of hydrogen-bond donors (Lipinski definition) is 2. The van der Waals surface area contributed by atoms with Crippen LogP contribution in [0.3, 0.4) is 0 Å². The van der Waals surface area contributed by atoms with Gasteiger partial charge in [0.25, 0.3) is 5.91 Å². The van der Waals surface area contributed by atoms with Gasteiger partial charge < -0.3 is 10.6 Å². The average Bonchev–Trinajstić information content (AvgIpc) is 2.87. The lowest BCUT2D eigenvalue weighted by molar-refractivity contribution is -0.659. The van der Waals surface area contributed by atoms with Crippen molar-refractivity contribution in [3.8, 4) is 0 Å². The maximum Gasteiger partial charge on any atom is 0.279 e. The Balaban J connectivity index is 1.79. The van der Waals surface area contributed by atoms with Gasteiger partial charge in [-0.25, -0.2) is 0 Å². The maximum absolute atomic E-state index is 11.8. The Morgan fingerprint density at radius 2 is 2.26 bits per heavy atom. The zero-order valence-corrected chi connectivity index (χ0v) is 13.1. The molecule has 0 fully saturated rings. The smallest absolute Gasteiger partial charge is 0.279 e. The Hall–Kier alpha value is -1.17. The van der Waals surface area contributed by atoms with Crippen LogP contribution >= 0.6 is 27.3 Å². The fourth-order valence-corrected chi connectivity index (χ4v) is 2.74. The summed E-state index contributed by atoms with van der Waals surface area (Å²) in [6, 6.07) is 9.92. The van der Waals surface area contributed by atoms with Crippen LogP contribution < -0.4 is 10.6 Å². The van der Waals surface area contributed by atoms with Gasteiger partial charge in [0, 0.05) is 10.2 Å². The van der Waals surface area contributed by atoms with Crippen molar-refractivity contribution in [3.05, 3.63) is 50.6 Å². The normalized spacial score (nSPS) is 10.4. The van der Waals surface area contributed by atoms with Gasteiger partial charge in [-0.3, -0.25) is 4.79 Å². The van der Waals surface area contributed by atoms with Crippen molar-refractivity contribution in [2.45, 2.75) is 13.5 Å². The van der Waals surface area contributed by atoms with Gasteiger partial charge in [-0.2, -0.15) is 0 Å². The summed E-state index contributed by atoms with van der Waals surface area (Å²) in [7, 11) is 0. The molecular formula is C14H16BrN2OS+. The molecule has 3 N–H and O–H groups in total. The van der Waals surface area contributed by atoms with E-state index in [1.54, 1.807) is 11.3 Å². The van der Waals surface area contributed by atoms with E-state index in [0.29, 0.717) is 6.54 Å². The van der Waals surface area contributed by atoms with Gasteiger partial charge in [-0.15, -0.1) is 11.3 Å². The molecule has 19 heavy (non-hydrogen) atoms. The van der Waals surface area contributed by atoms with E-state index in [-0.39, 0.29) is 5.91 Å². The van der Waals surface area contributed by atoms with E-state index in [9.17, 15) is 4.79 Å². The second kappa shape index (κ2) is 6.84. The summed E-state index contributed by atoms with van der Waals surface area (Å²) in [5.41, 5.74) is 1.98. The quantitative estimate of drug-likeness (QED) is 0.863. The summed E-state index contributed by atoms with van der Waals surface area (Å²) >= 11 is 5.17. The van der Waals surface area contributed by atoms with E-state index in [1.165, 1.54) is 4.88 Å². The zero-order valence-electron chi connectivity index (χ0n) is 10.7. The summed E-state index contributed by atoms with van der Waals surface area (Å²) in [5, 5.41) is 6.95. The summed E-state index contributed by atoms with van der Waals surface area (Å²) in [5.74, 6) is 0.0207. The molecule has 2 rings (SSSR count). The zero-order chi connectivity index (χ0) is 13.7. The molecule has 100 valence electrons. The number of nitrogens with two attached hydrogens (primary N) is 1. The number of nitrogens with one attached hydrogen (secondary N) is 1. The van der Waals surface area contributed by atoms with E-state index < -0.39 is 0 Å². The van der Waals surface area contributed by atoms with Crippen LogP contribution in [0, 0.1) is 6.92 Å². The third-order valence-corrected chi connectivity index (χ3v) is 4.46. The average molecular weight is 340 g/mol. The second-order valence-electron chi connectivity index (χ2n) is 4.29. The summed E-state index contributed by atoms with van der Waals surface area (Å²) in [4.78, 5) is 13.1. The number of halogens is 1. The molecule has 3 nitrogen and oxygen atoms in total. The van der Waals surface area contributed by atoms with E-state index >= 15 is 0 Å². The van der Waals surface area contributed by atoms with Crippen molar-refractivity contribution in [2.24, 2.45) is 0 Å². The largest absolute Gasteiger partial charge is 0.334 e. The molecule has 0 aliphatic carbocycles. The van der Waals surface area contributed by atoms with E-state index in [1.807, 2.05) is 41.9 Å². The molecule has 0 atom stereocenters. The third-order valence-electron chi connectivity index (χ3n) is 2.71. The highest BCUT2D eigenvalue weighted by molar-refractivity contribution is 9.10. The molecule has 0 bridgehead atoms. The minimum atomic E-state index is 0.0207. The molecule has 1 aromatic carbocycles. The van der Waals surface area contributed by atoms with E-state index in [0.717, 1.165) is 22.3 Å². The molecule has 0 saturated heterocycles. The summed E-state index contributed by atoms with van der Waals surface area (Å²) in [6.07, 6.45) is 0. The molecule has 1 aromatic heterocycles. The van der Waals surface area contributed by atoms with Gasteiger partial charge in [0.1, 0.15) is 6.54 Å². The summed E-state index contributed by atoms with van der Waals surface area (Å²) < 4.78 is 1.01. The second-order valence-corrected chi connectivity index (χ2v) is 6.18. The SMILES string of the molecule is Cc1ccc(NC(=O)C[NH2+]Cc2cccs2)cc1Br. The number of anilines is 1. The predicted molar refractivity (Wildman–Crippen MR) is 82.3 cm³/mol. The molecule has 1 amide bonds. The highest BCUT2D eigenvalue weighted by Gasteiger charge is 2.06. The van der Waals surface area contributed by atoms with Crippen LogP contribution in [0.1, 0.15) is 10.4 Å². The molecule has 2 aromatic rings.